The molecule has 0 aromatic rings. The zero-order valence-electron chi connectivity index (χ0n) is 8.39. The summed E-state index contributed by atoms with van der Waals surface area (Å²) in [6, 6.07) is 0. The average molecular weight is 1070 g/mol. The number of hydrogen-bond donors (Lipinski definition) is 4. The van der Waals surface area contributed by atoms with Gasteiger partial charge in [0.2, 0.25) is 0 Å². The van der Waals surface area contributed by atoms with E-state index in [2.05, 4.69) is 4.74 Å². The minimum Gasteiger partial charge on any atom is -0.388 e. The van der Waals surface area contributed by atoms with Crippen LogP contribution in [0.4, 0.5) is 0 Å². The minimum absolute atomic E-state index is 0. The van der Waals surface area contributed by atoms with E-state index < -0.39 is 30.7 Å². The molecule has 15 heavy (non-hydrogen) atoms. The van der Waals surface area contributed by atoms with Gasteiger partial charge in [-0.05, 0) is 6.92 Å². The van der Waals surface area contributed by atoms with Crippen LogP contribution < -0.4 is 0 Å². The quantitative estimate of drug-likeness (QED) is 0.222. The van der Waals surface area contributed by atoms with Crippen molar-refractivity contribution >= 4 is 0 Å². The Morgan fingerprint density at radius 1 is 0.733 bits per heavy atom. The van der Waals surface area contributed by atoms with Crippen LogP contribution in [0.2, 0.25) is 0 Å². The van der Waals surface area contributed by atoms with E-state index >= 15 is 0 Å². The first-order valence-corrected chi connectivity index (χ1v) is 3.41. The fourth-order valence-corrected chi connectivity index (χ4v) is 1.03. The predicted molar refractivity (Wildman–Crippen MR) is 34.6 cm³/mol. The van der Waals surface area contributed by atoms with Gasteiger partial charge in [-0.1, -0.05) is 0 Å². The number of aliphatic hydroxyl groups excluding tert-OH is 4. The van der Waals surface area contributed by atoms with Crippen LogP contribution in [-0.2, 0) is 4.74 Å². The second-order valence-electron chi connectivity index (χ2n) is 2.70. The molecule has 1 heterocycles. The Morgan fingerprint density at radius 3 is 1.53 bits per heavy atom. The summed E-state index contributed by atoms with van der Waals surface area (Å²) in [6.45, 7) is 1.50. The Kier molecular flexibility index (Phi) is 27.7. The van der Waals surface area contributed by atoms with Gasteiger partial charge >= 0.3 is 0 Å². The van der Waals surface area contributed by atoms with Crippen LogP contribution in [-0.4, -0.2) is 51.1 Å². The maximum Gasteiger partial charge on any atom is 0.183 e. The van der Waals surface area contributed by atoms with E-state index in [1.807, 2.05) is 0 Å². The Balaban J connectivity index is -0.000000151. The number of aliphatic hydroxyl groups is 4. The number of ether oxygens (including phenoxy) is 1. The smallest absolute Gasteiger partial charge is 0.183 e. The predicted octanol–water partition coefficient (Wildman–Crippen LogP) is -2.19. The molecule has 4 unspecified atom stereocenters. The van der Waals surface area contributed by atoms with Gasteiger partial charge in [-0.2, -0.15) is 0 Å². The molecule has 1 rings (SSSR count). The van der Waals surface area contributed by atoms with Crippen molar-refractivity contribution in [2.24, 2.45) is 0 Å². The molecule has 5 atom stereocenters. The first-order chi connectivity index (χ1) is 5.04. The number of hydrogen-bond acceptors (Lipinski definition) is 5. The molecule has 0 amide bonds. The monoisotopic (exact) mass is 1070 g/mol. The third-order valence-corrected chi connectivity index (χ3v) is 1.83. The first kappa shape index (κ1) is 28.7. The van der Waals surface area contributed by atoms with Crippen LogP contribution in [0.15, 0.2) is 0 Å². The molecule has 1 fully saturated rings. The van der Waals surface area contributed by atoms with Crippen molar-refractivity contribution in [2.45, 2.75) is 37.6 Å². The molecule has 1 saturated heterocycles. The third-order valence-electron chi connectivity index (χ3n) is 1.83. The summed E-state index contributed by atoms with van der Waals surface area (Å²) in [7, 11) is 0. The molecule has 9 heteroatoms. The summed E-state index contributed by atoms with van der Waals surface area (Å²) < 4.78 is 4.68. The zero-order chi connectivity index (χ0) is 8.59. The SMILES string of the molecule is C[C@@H]1OC(O)C(O)C(O)C1O.[Ac].[Ac].[Ac].[Ac]. The molecule has 0 aromatic heterocycles. The summed E-state index contributed by atoms with van der Waals surface area (Å²) in [5.41, 5.74) is 0. The molecule has 1 aliphatic heterocycles. The van der Waals surface area contributed by atoms with Crippen LogP contribution in [0.1, 0.15) is 6.92 Å². The van der Waals surface area contributed by atoms with E-state index in [4.69, 9.17) is 20.4 Å². The molecule has 0 saturated carbocycles. The molecular formula is C6H12Ac4O5. The standard InChI is InChI=1S/C6H12O5.4Ac/c1-2-3(7)4(8)5(9)6(10)11-2;;;;/h2-10H,1H3;;;;/t2-,3?,4?,5?,6?;;;;/m0..../s1. The van der Waals surface area contributed by atoms with Crippen LogP contribution in [0.3, 0.4) is 0 Å². The average Bonchev–Trinajstić information content (AvgIpc) is 1.97. The van der Waals surface area contributed by atoms with Crippen molar-refractivity contribution in [1.29, 1.82) is 0 Å². The van der Waals surface area contributed by atoms with Crippen molar-refractivity contribution in [3.05, 3.63) is 0 Å². The normalized spacial score (nSPS) is 38.6. The van der Waals surface area contributed by atoms with Crippen molar-refractivity contribution < 1.29 is 201 Å². The molecular weight excluding hydrogens is 1060 g/mol. The molecule has 0 aromatic carbocycles. The van der Waals surface area contributed by atoms with Gasteiger partial charge in [-0.3, -0.25) is 0 Å². The van der Waals surface area contributed by atoms with Crippen molar-refractivity contribution in [2.75, 3.05) is 0 Å². The van der Waals surface area contributed by atoms with E-state index in [1.165, 1.54) is 6.92 Å². The van der Waals surface area contributed by atoms with E-state index in [9.17, 15) is 0 Å². The summed E-state index contributed by atoms with van der Waals surface area (Å²) in [5.74, 6) is 0. The van der Waals surface area contributed by atoms with Gasteiger partial charge in [0, 0.05) is 176 Å². The van der Waals surface area contributed by atoms with Crippen molar-refractivity contribution in [1.82, 2.24) is 0 Å². The Hall–Kier alpha value is 5.57. The van der Waals surface area contributed by atoms with Crippen LogP contribution in [0.25, 0.3) is 0 Å². The van der Waals surface area contributed by atoms with Gasteiger partial charge < -0.3 is 25.2 Å². The molecule has 5 nitrogen and oxygen atoms in total. The van der Waals surface area contributed by atoms with Crippen LogP contribution >= 0.6 is 0 Å². The Morgan fingerprint density at radius 2 is 1.13 bits per heavy atom. The molecule has 4 radical (unpaired) electrons. The summed E-state index contributed by atoms with van der Waals surface area (Å²) >= 11 is 0. The fourth-order valence-electron chi connectivity index (χ4n) is 1.03. The van der Waals surface area contributed by atoms with Gasteiger partial charge in [0.05, 0.1) is 6.10 Å². The van der Waals surface area contributed by atoms with E-state index in [0.29, 0.717) is 0 Å². The molecule has 0 bridgehead atoms. The molecule has 4 N–H and O–H groups in total. The van der Waals surface area contributed by atoms with Crippen LogP contribution in [0, 0.1) is 176 Å². The van der Waals surface area contributed by atoms with Crippen LogP contribution in [0.5, 0.6) is 0 Å². The number of rotatable bonds is 0. The van der Waals surface area contributed by atoms with E-state index in [-0.39, 0.29) is 176 Å². The van der Waals surface area contributed by atoms with Gasteiger partial charge in [0.25, 0.3) is 0 Å². The Labute approximate surface area is 232 Å². The maximum absolute atomic E-state index is 9.09. The molecule has 78 valence electrons. The molecule has 1 aliphatic rings. The van der Waals surface area contributed by atoms with Gasteiger partial charge in [-0.25, -0.2) is 0 Å². The summed E-state index contributed by atoms with van der Waals surface area (Å²) in [4.78, 5) is 0. The van der Waals surface area contributed by atoms with Gasteiger partial charge in [-0.15, -0.1) is 0 Å². The third kappa shape index (κ3) is 9.24. The largest absolute Gasteiger partial charge is 0.388 e. The fraction of sp³-hybridized carbons (Fsp3) is 1.00. The Bertz CT molecular complexity index is 137. The maximum atomic E-state index is 9.09. The zero-order valence-corrected chi connectivity index (χ0v) is 27.4. The van der Waals surface area contributed by atoms with Crippen molar-refractivity contribution in [3.8, 4) is 0 Å². The summed E-state index contributed by atoms with van der Waals surface area (Å²) in [5, 5.41) is 36.0. The van der Waals surface area contributed by atoms with Gasteiger partial charge in [0.15, 0.2) is 6.29 Å². The van der Waals surface area contributed by atoms with E-state index in [0.717, 1.165) is 0 Å². The second-order valence-corrected chi connectivity index (χ2v) is 2.70. The van der Waals surface area contributed by atoms with Crippen molar-refractivity contribution in [3.63, 3.8) is 0 Å². The minimum atomic E-state index is -1.43. The first-order valence-electron chi connectivity index (χ1n) is 3.41. The topological polar surface area (TPSA) is 90.2 Å². The molecule has 0 spiro atoms. The van der Waals surface area contributed by atoms with Gasteiger partial charge in [0.1, 0.15) is 18.3 Å². The summed E-state index contributed by atoms with van der Waals surface area (Å²) in [6.07, 6.45) is -5.99. The van der Waals surface area contributed by atoms with E-state index in [1.54, 1.807) is 0 Å². The molecule has 0 aliphatic carbocycles. The second kappa shape index (κ2) is 14.5.